The lowest BCUT2D eigenvalue weighted by atomic mass is 9.98. The third kappa shape index (κ3) is 8.83. The van der Waals surface area contributed by atoms with Crippen molar-refractivity contribution in [2.45, 2.75) is 33.1 Å². The van der Waals surface area contributed by atoms with Crippen molar-refractivity contribution >= 4 is 23.2 Å². The minimum Gasteiger partial charge on any atom is -0.465 e. The van der Waals surface area contributed by atoms with Crippen LogP contribution in [0.4, 0.5) is 4.79 Å². The summed E-state index contributed by atoms with van der Waals surface area (Å²) in [5.41, 5.74) is 4.78. The number of imidazole rings is 1. The summed E-state index contributed by atoms with van der Waals surface area (Å²) in [6.45, 7) is 4.68. The van der Waals surface area contributed by atoms with Gasteiger partial charge in [-0.05, 0) is 41.0 Å². The number of aromatic amines is 1. The van der Waals surface area contributed by atoms with Gasteiger partial charge in [0.25, 0.3) is 16.9 Å². The minimum atomic E-state index is -1.71. The van der Waals surface area contributed by atoms with Crippen LogP contribution in [0.15, 0.2) is 66.7 Å². The van der Waals surface area contributed by atoms with Gasteiger partial charge in [-0.3, -0.25) is 4.57 Å². The van der Waals surface area contributed by atoms with Crippen molar-refractivity contribution in [1.82, 2.24) is 30.2 Å². The molecule has 0 bridgehead atoms. The number of fused-ring (bicyclic) bond motifs is 1. The van der Waals surface area contributed by atoms with Crippen molar-refractivity contribution in [2.24, 2.45) is 0 Å². The number of hydrogen-bond acceptors (Lipinski definition) is 14. The zero-order valence-electron chi connectivity index (χ0n) is 26.9. The van der Waals surface area contributed by atoms with Crippen LogP contribution in [0.5, 0.6) is 6.01 Å². The van der Waals surface area contributed by atoms with E-state index < -0.39 is 23.0 Å². The molecule has 0 aliphatic rings. The van der Waals surface area contributed by atoms with Gasteiger partial charge in [0.1, 0.15) is 13.2 Å². The molecule has 0 amide bonds. The van der Waals surface area contributed by atoms with Crippen LogP contribution in [0, 0.1) is 10.1 Å². The maximum absolute atomic E-state index is 13.5. The van der Waals surface area contributed by atoms with Gasteiger partial charge >= 0.3 is 12.1 Å². The first-order chi connectivity index (χ1) is 23.6. The molecule has 17 heteroatoms. The molecule has 0 fully saturated rings. The van der Waals surface area contributed by atoms with Crippen molar-refractivity contribution in [3.05, 3.63) is 88.0 Å². The van der Waals surface area contributed by atoms with Gasteiger partial charge < -0.3 is 28.5 Å². The predicted octanol–water partition coefficient (Wildman–Crippen LogP) is 4.60. The second-order valence-corrected chi connectivity index (χ2v) is 10.7. The number of ether oxygens (including phenoxy) is 5. The first-order valence-corrected chi connectivity index (χ1v) is 15.1. The summed E-state index contributed by atoms with van der Waals surface area (Å²) < 4.78 is 28.5. The van der Waals surface area contributed by atoms with Gasteiger partial charge in [-0.25, -0.2) is 9.59 Å². The summed E-state index contributed by atoms with van der Waals surface area (Å²) >= 11 is 0. The largest absolute Gasteiger partial charge is 0.511 e. The standard InChI is InChI=1S/C32H33N7O10/c1-4-45-30-33-26-11-7-10-25(29(40)48-32(2,3)49-31(41)46-18-16-44-17-19-47-39(42)43)27(26)38(30)20-21-12-14-22(15-13-21)23-8-5-6-9-24(23)28-34-36-37-35-28/h5-15H,4,16-20H2,1-3H3,(H,34,35,36,37). The van der Waals surface area contributed by atoms with E-state index in [1.807, 2.05) is 55.5 Å². The lowest BCUT2D eigenvalue weighted by Gasteiger charge is -2.24. The third-order valence-electron chi connectivity index (χ3n) is 6.88. The van der Waals surface area contributed by atoms with Crippen LogP contribution in [-0.4, -0.2) is 86.2 Å². The number of esters is 1. The highest BCUT2D eigenvalue weighted by Crippen LogP contribution is 2.31. The highest BCUT2D eigenvalue weighted by molar-refractivity contribution is 6.02. The van der Waals surface area contributed by atoms with E-state index in [9.17, 15) is 19.7 Å². The van der Waals surface area contributed by atoms with Crippen LogP contribution < -0.4 is 4.74 Å². The van der Waals surface area contributed by atoms with Crippen LogP contribution in [0.3, 0.4) is 0 Å². The number of nitrogens with zero attached hydrogens (tertiary/aromatic N) is 6. The van der Waals surface area contributed by atoms with E-state index in [0.29, 0.717) is 36.0 Å². The second-order valence-electron chi connectivity index (χ2n) is 10.7. The molecule has 49 heavy (non-hydrogen) atoms. The molecular weight excluding hydrogens is 642 g/mol. The molecule has 5 rings (SSSR count). The van der Waals surface area contributed by atoms with Crippen molar-refractivity contribution in [3.63, 3.8) is 0 Å². The Balaban J connectivity index is 1.30. The van der Waals surface area contributed by atoms with E-state index in [-0.39, 0.29) is 32.0 Å². The first-order valence-electron chi connectivity index (χ1n) is 15.1. The number of carbonyl (C=O) groups excluding carboxylic acids is 2. The molecule has 5 aromatic rings. The summed E-state index contributed by atoms with van der Waals surface area (Å²) in [7, 11) is 0. The van der Waals surface area contributed by atoms with Gasteiger partial charge in [0.15, 0.2) is 0 Å². The molecule has 2 aromatic heterocycles. The maximum atomic E-state index is 13.5. The highest BCUT2D eigenvalue weighted by atomic mass is 17.0. The van der Waals surface area contributed by atoms with Gasteiger partial charge in [0.2, 0.25) is 5.82 Å². The van der Waals surface area contributed by atoms with E-state index in [0.717, 1.165) is 22.3 Å². The zero-order chi connectivity index (χ0) is 34.8. The van der Waals surface area contributed by atoms with Crippen LogP contribution in [0.2, 0.25) is 0 Å². The molecule has 0 aliphatic carbocycles. The van der Waals surface area contributed by atoms with Gasteiger partial charge in [0, 0.05) is 19.4 Å². The average molecular weight is 676 g/mol. The normalized spacial score (nSPS) is 11.2. The van der Waals surface area contributed by atoms with E-state index in [1.165, 1.54) is 13.8 Å². The number of carbonyl (C=O) groups is 2. The number of tetrazole rings is 1. The smallest absolute Gasteiger partial charge is 0.465 e. The molecule has 0 spiro atoms. The van der Waals surface area contributed by atoms with Gasteiger partial charge in [-0.15, -0.1) is 20.3 Å². The van der Waals surface area contributed by atoms with E-state index in [1.54, 1.807) is 22.8 Å². The predicted molar refractivity (Wildman–Crippen MR) is 171 cm³/mol. The quantitative estimate of drug-likeness (QED) is 0.0499. The number of benzene rings is 3. The van der Waals surface area contributed by atoms with Gasteiger partial charge in [-0.2, -0.15) is 10.2 Å². The fourth-order valence-electron chi connectivity index (χ4n) is 4.88. The Morgan fingerprint density at radius 1 is 0.939 bits per heavy atom. The summed E-state index contributed by atoms with van der Waals surface area (Å²) in [5.74, 6) is -1.99. The van der Waals surface area contributed by atoms with E-state index >= 15 is 0 Å². The second kappa shape index (κ2) is 15.7. The molecule has 17 nitrogen and oxygen atoms in total. The molecular formula is C32H33N7O10. The number of aromatic nitrogens is 6. The Morgan fingerprint density at radius 2 is 1.69 bits per heavy atom. The molecule has 0 aliphatic heterocycles. The summed E-state index contributed by atoms with van der Waals surface area (Å²) in [6.07, 6.45) is -1.10. The SMILES string of the molecule is CCOc1nc2cccc(C(=O)OC(C)(C)OC(=O)OCCOCCO[N+](=O)[O-])c2n1Cc1ccc(-c2ccccc2-c2nn[nH]n2)cc1. The van der Waals surface area contributed by atoms with Crippen LogP contribution >= 0.6 is 0 Å². The number of nitrogens with one attached hydrogen (secondary N) is 1. The Labute approximate surface area is 279 Å². The van der Waals surface area contributed by atoms with Crippen molar-refractivity contribution < 1.29 is 43.2 Å². The molecule has 2 heterocycles. The summed E-state index contributed by atoms with van der Waals surface area (Å²) in [5, 5.41) is 23.6. The Morgan fingerprint density at radius 3 is 2.41 bits per heavy atom. The average Bonchev–Trinajstić information content (AvgIpc) is 3.73. The highest BCUT2D eigenvalue weighted by Gasteiger charge is 2.31. The third-order valence-corrected chi connectivity index (χ3v) is 6.88. The molecule has 3 aromatic carbocycles. The Hall–Kier alpha value is -6.10. The summed E-state index contributed by atoms with van der Waals surface area (Å²) in [4.78, 5) is 44.7. The van der Waals surface area contributed by atoms with Crippen LogP contribution in [0.1, 0.15) is 36.7 Å². The van der Waals surface area contributed by atoms with Crippen molar-refractivity contribution in [2.75, 3.05) is 33.0 Å². The fourth-order valence-corrected chi connectivity index (χ4v) is 4.88. The molecule has 0 saturated heterocycles. The fraction of sp³-hybridized carbons (Fsp3) is 0.312. The van der Waals surface area contributed by atoms with Crippen LogP contribution in [-0.2, 0) is 30.3 Å². The lowest BCUT2D eigenvalue weighted by Crippen LogP contribution is -2.34. The molecule has 0 saturated carbocycles. The van der Waals surface area contributed by atoms with Gasteiger partial charge in [0.05, 0.1) is 43.0 Å². The molecule has 256 valence electrons. The number of hydrogen-bond donors (Lipinski definition) is 1. The Bertz CT molecular complexity index is 1890. The molecule has 0 radical (unpaired) electrons. The Kier molecular flexibility index (Phi) is 10.9. The minimum absolute atomic E-state index is 0.0547. The van der Waals surface area contributed by atoms with Crippen molar-refractivity contribution in [3.8, 4) is 28.5 Å². The molecule has 0 unspecified atom stereocenters. The van der Waals surface area contributed by atoms with E-state index in [4.69, 9.17) is 23.7 Å². The van der Waals surface area contributed by atoms with Crippen LogP contribution in [0.25, 0.3) is 33.5 Å². The number of rotatable bonds is 16. The summed E-state index contributed by atoms with van der Waals surface area (Å²) in [6, 6.07) is 21.0. The van der Waals surface area contributed by atoms with Crippen molar-refractivity contribution in [1.29, 1.82) is 0 Å². The molecule has 0 atom stereocenters. The van der Waals surface area contributed by atoms with E-state index in [2.05, 4.69) is 30.4 Å². The zero-order valence-corrected chi connectivity index (χ0v) is 26.9. The first kappa shape index (κ1) is 34.2. The monoisotopic (exact) mass is 675 g/mol. The van der Waals surface area contributed by atoms with Gasteiger partial charge in [-0.1, -0.05) is 54.6 Å². The number of H-pyrrole nitrogens is 1. The lowest BCUT2D eigenvalue weighted by molar-refractivity contribution is -0.758. The number of para-hydroxylation sites is 1. The maximum Gasteiger partial charge on any atom is 0.511 e. The molecule has 1 N–H and O–H groups in total. The topological polar surface area (TPSA) is 205 Å².